The second kappa shape index (κ2) is 8.43. The maximum absolute atomic E-state index is 11.7. The molecule has 23 heavy (non-hydrogen) atoms. The maximum atomic E-state index is 11.7. The van der Waals surface area contributed by atoms with Crippen molar-refractivity contribution in [1.82, 2.24) is 0 Å². The molecule has 0 amide bonds. The van der Waals surface area contributed by atoms with Crippen LogP contribution in [-0.2, 0) is 11.2 Å². The molecule has 0 radical (unpaired) electrons. The van der Waals surface area contributed by atoms with E-state index < -0.39 is 5.97 Å². The molecule has 122 valence electrons. The van der Waals surface area contributed by atoms with Crippen LogP contribution in [0, 0.1) is 0 Å². The van der Waals surface area contributed by atoms with Crippen molar-refractivity contribution in [2.75, 3.05) is 12.3 Å². The number of nitrogens with two attached hydrogens (primary N) is 1. The van der Waals surface area contributed by atoms with E-state index in [1.54, 1.807) is 13.0 Å². The summed E-state index contributed by atoms with van der Waals surface area (Å²) < 4.78 is 4.95. The number of anilines is 1. The summed E-state index contributed by atoms with van der Waals surface area (Å²) in [6.07, 6.45) is 3.45. The predicted octanol–water partition coefficient (Wildman–Crippen LogP) is 5.27. The number of azo groups is 1. The van der Waals surface area contributed by atoms with Crippen LogP contribution >= 0.6 is 11.3 Å². The van der Waals surface area contributed by atoms with Gasteiger partial charge in [0.2, 0.25) is 0 Å². The molecule has 0 unspecified atom stereocenters. The number of nitrogen functional groups attached to an aromatic ring is 1. The van der Waals surface area contributed by atoms with Gasteiger partial charge in [-0.1, -0.05) is 36.8 Å². The Balaban J connectivity index is 2.05. The fraction of sp³-hybridized carbons (Fsp3) is 0.353. The molecular weight excluding hydrogens is 310 g/mol. The first-order valence-electron chi connectivity index (χ1n) is 7.71. The summed E-state index contributed by atoms with van der Waals surface area (Å²) in [6.45, 7) is 4.25. The van der Waals surface area contributed by atoms with Gasteiger partial charge in [0, 0.05) is 0 Å². The number of thiophene rings is 1. The van der Waals surface area contributed by atoms with E-state index in [0.717, 1.165) is 12.1 Å². The van der Waals surface area contributed by atoms with E-state index in [1.165, 1.54) is 29.7 Å². The molecule has 0 aliphatic heterocycles. The Labute approximate surface area is 140 Å². The zero-order chi connectivity index (χ0) is 16.7. The number of benzene rings is 1. The van der Waals surface area contributed by atoms with Gasteiger partial charge < -0.3 is 10.5 Å². The summed E-state index contributed by atoms with van der Waals surface area (Å²) in [6, 6.07) is 9.63. The van der Waals surface area contributed by atoms with Crippen LogP contribution in [0.3, 0.4) is 0 Å². The minimum absolute atomic E-state index is 0.315. The van der Waals surface area contributed by atoms with E-state index in [2.05, 4.69) is 29.3 Å². The molecule has 2 rings (SSSR count). The number of rotatable bonds is 7. The molecule has 0 spiro atoms. The first-order valence-corrected chi connectivity index (χ1v) is 8.52. The first kappa shape index (κ1) is 17.1. The molecule has 2 aromatic rings. The number of ether oxygens (including phenoxy) is 1. The molecule has 5 nitrogen and oxygen atoms in total. The van der Waals surface area contributed by atoms with Gasteiger partial charge in [-0.2, -0.15) is 0 Å². The maximum Gasteiger partial charge on any atom is 0.341 e. The number of carbonyl (C=O) groups is 1. The van der Waals surface area contributed by atoms with E-state index in [1.807, 2.05) is 12.1 Å². The number of hydrogen-bond donors (Lipinski definition) is 1. The van der Waals surface area contributed by atoms with Crippen molar-refractivity contribution in [2.24, 2.45) is 10.2 Å². The fourth-order valence-electron chi connectivity index (χ4n) is 2.03. The molecular formula is C17H21N3O2S. The minimum Gasteiger partial charge on any atom is -0.462 e. The zero-order valence-electron chi connectivity index (χ0n) is 13.4. The van der Waals surface area contributed by atoms with E-state index in [-0.39, 0.29) is 0 Å². The smallest absolute Gasteiger partial charge is 0.341 e. The average molecular weight is 331 g/mol. The minimum atomic E-state index is -0.428. The van der Waals surface area contributed by atoms with Crippen molar-refractivity contribution < 1.29 is 9.53 Å². The zero-order valence-corrected chi connectivity index (χ0v) is 14.2. The summed E-state index contributed by atoms with van der Waals surface area (Å²) in [7, 11) is 0. The molecule has 1 aromatic heterocycles. The van der Waals surface area contributed by atoms with Gasteiger partial charge in [-0.3, -0.25) is 0 Å². The van der Waals surface area contributed by atoms with Gasteiger partial charge in [0.1, 0.15) is 10.0 Å². The van der Waals surface area contributed by atoms with Crippen molar-refractivity contribution in [3.05, 3.63) is 41.5 Å². The summed E-state index contributed by atoms with van der Waals surface area (Å²) in [5, 5.41) is 9.31. The molecule has 0 saturated heterocycles. The highest BCUT2D eigenvalue weighted by atomic mass is 32.1. The number of aryl methyl sites for hydroxylation is 1. The fourth-order valence-corrected chi connectivity index (χ4v) is 2.76. The third kappa shape index (κ3) is 4.89. The Bertz CT molecular complexity index is 678. The molecule has 0 fully saturated rings. The lowest BCUT2D eigenvalue weighted by atomic mass is 10.1. The quantitative estimate of drug-likeness (QED) is 0.555. The van der Waals surface area contributed by atoms with Crippen molar-refractivity contribution in [2.45, 2.75) is 33.1 Å². The number of carbonyl (C=O) groups excluding carboxylic acids is 1. The monoisotopic (exact) mass is 331 g/mol. The molecule has 1 aromatic carbocycles. The van der Waals surface area contributed by atoms with Crippen molar-refractivity contribution in [3.8, 4) is 0 Å². The SMILES string of the molecule is CCCCc1ccc(N=Nc2cc(C(=O)OCC)c(N)s2)cc1. The first-order chi connectivity index (χ1) is 11.1. The normalized spacial score (nSPS) is 11.0. The summed E-state index contributed by atoms with van der Waals surface area (Å²) in [5.41, 5.74) is 8.25. The van der Waals surface area contributed by atoms with Crippen LogP contribution in [0.5, 0.6) is 0 Å². The van der Waals surface area contributed by atoms with Gasteiger partial charge in [-0.05, 0) is 43.5 Å². The van der Waals surface area contributed by atoms with Crippen LogP contribution in [0.4, 0.5) is 15.7 Å². The molecule has 0 aliphatic rings. The number of unbranched alkanes of at least 4 members (excludes halogenated alkanes) is 1. The van der Waals surface area contributed by atoms with Crippen LogP contribution in [0.2, 0.25) is 0 Å². The third-order valence-electron chi connectivity index (χ3n) is 3.26. The Morgan fingerprint density at radius 2 is 1.96 bits per heavy atom. The average Bonchev–Trinajstić information content (AvgIpc) is 2.93. The van der Waals surface area contributed by atoms with Crippen molar-refractivity contribution in [3.63, 3.8) is 0 Å². The second-order valence-corrected chi connectivity index (χ2v) is 6.12. The Morgan fingerprint density at radius 3 is 2.61 bits per heavy atom. The Morgan fingerprint density at radius 1 is 1.22 bits per heavy atom. The number of hydrogen-bond acceptors (Lipinski definition) is 6. The molecule has 0 aliphatic carbocycles. The van der Waals surface area contributed by atoms with Gasteiger partial charge in [0.15, 0.2) is 0 Å². The molecule has 0 bridgehead atoms. The third-order valence-corrected chi connectivity index (χ3v) is 4.11. The largest absolute Gasteiger partial charge is 0.462 e. The topological polar surface area (TPSA) is 77.0 Å². The number of nitrogens with zero attached hydrogens (tertiary/aromatic N) is 2. The highest BCUT2D eigenvalue weighted by Crippen LogP contribution is 2.33. The van der Waals surface area contributed by atoms with Crippen molar-refractivity contribution in [1.29, 1.82) is 0 Å². The van der Waals surface area contributed by atoms with E-state index in [0.29, 0.717) is 22.2 Å². The van der Waals surface area contributed by atoms with E-state index in [4.69, 9.17) is 10.5 Å². The van der Waals surface area contributed by atoms with Crippen LogP contribution in [0.25, 0.3) is 0 Å². The van der Waals surface area contributed by atoms with Gasteiger partial charge in [-0.15, -0.1) is 10.2 Å². The van der Waals surface area contributed by atoms with Gasteiger partial charge in [-0.25, -0.2) is 4.79 Å². The standard InChI is InChI=1S/C17H21N3O2S/c1-3-5-6-12-7-9-13(10-8-12)19-20-15-11-14(16(18)23-15)17(21)22-4-2/h7-11H,3-6,18H2,1-2H3. The van der Waals surface area contributed by atoms with Gasteiger partial charge >= 0.3 is 5.97 Å². The lowest BCUT2D eigenvalue weighted by molar-refractivity contribution is 0.0528. The van der Waals surface area contributed by atoms with Crippen LogP contribution in [-0.4, -0.2) is 12.6 Å². The summed E-state index contributed by atoms with van der Waals surface area (Å²) in [4.78, 5) is 11.7. The van der Waals surface area contributed by atoms with Crippen molar-refractivity contribution >= 4 is 33.0 Å². The Kier molecular flexibility index (Phi) is 6.29. The lowest BCUT2D eigenvalue weighted by Gasteiger charge is -1.99. The highest BCUT2D eigenvalue weighted by molar-refractivity contribution is 7.19. The summed E-state index contributed by atoms with van der Waals surface area (Å²) in [5.74, 6) is -0.428. The van der Waals surface area contributed by atoms with Crippen LogP contribution < -0.4 is 5.73 Å². The van der Waals surface area contributed by atoms with E-state index >= 15 is 0 Å². The molecule has 2 N–H and O–H groups in total. The van der Waals surface area contributed by atoms with Gasteiger partial charge in [0.05, 0.1) is 17.9 Å². The van der Waals surface area contributed by atoms with Gasteiger partial charge in [0.25, 0.3) is 0 Å². The molecule has 0 atom stereocenters. The van der Waals surface area contributed by atoms with Crippen LogP contribution in [0.15, 0.2) is 40.6 Å². The summed E-state index contributed by atoms with van der Waals surface area (Å²) >= 11 is 1.22. The highest BCUT2D eigenvalue weighted by Gasteiger charge is 2.14. The predicted molar refractivity (Wildman–Crippen MR) is 93.9 cm³/mol. The number of esters is 1. The van der Waals surface area contributed by atoms with E-state index in [9.17, 15) is 4.79 Å². The molecule has 0 saturated carbocycles. The molecule has 1 heterocycles. The molecule has 6 heteroatoms. The lowest BCUT2D eigenvalue weighted by Crippen LogP contribution is -2.05. The van der Waals surface area contributed by atoms with Crippen LogP contribution in [0.1, 0.15) is 42.6 Å². The second-order valence-electron chi connectivity index (χ2n) is 5.05. The Hall–Kier alpha value is -2.21.